The average Bonchev–Trinajstić information content (AvgIpc) is 3.22. The molecule has 1 aromatic heterocycles. The number of benzene rings is 1. The summed E-state index contributed by atoms with van der Waals surface area (Å²) in [6.07, 6.45) is 0.822. The van der Waals surface area contributed by atoms with Crippen molar-refractivity contribution in [1.29, 1.82) is 0 Å². The van der Waals surface area contributed by atoms with E-state index in [0.717, 1.165) is 56.3 Å². The van der Waals surface area contributed by atoms with Gasteiger partial charge in [-0.25, -0.2) is 8.42 Å². The number of sulfone groups is 1. The van der Waals surface area contributed by atoms with Gasteiger partial charge in [0.1, 0.15) is 0 Å². The molecule has 30 heavy (non-hydrogen) atoms. The first kappa shape index (κ1) is 21.5. The van der Waals surface area contributed by atoms with E-state index in [2.05, 4.69) is 39.6 Å². The van der Waals surface area contributed by atoms with Crippen molar-refractivity contribution < 1.29 is 13.2 Å². The molecule has 0 spiro atoms. The summed E-state index contributed by atoms with van der Waals surface area (Å²) >= 11 is 0. The van der Waals surface area contributed by atoms with Crippen molar-refractivity contribution in [1.82, 2.24) is 20.0 Å². The molecule has 1 N–H and O–H groups in total. The lowest BCUT2D eigenvalue weighted by molar-refractivity contribution is -0.0300. The molecular formula is C22H32N4O3S. The van der Waals surface area contributed by atoms with Crippen LogP contribution in [0.25, 0.3) is 0 Å². The van der Waals surface area contributed by atoms with Crippen molar-refractivity contribution in [2.24, 2.45) is 0 Å². The smallest absolute Gasteiger partial charge is 0.152 e. The first-order valence-corrected chi connectivity index (χ1v) is 12.6. The van der Waals surface area contributed by atoms with Gasteiger partial charge < -0.3 is 10.1 Å². The summed E-state index contributed by atoms with van der Waals surface area (Å²) in [5.74, 6) is 0.469. The third-order valence-corrected chi connectivity index (χ3v) is 7.93. The Morgan fingerprint density at radius 1 is 1.23 bits per heavy atom. The van der Waals surface area contributed by atoms with Crippen molar-refractivity contribution in [2.75, 3.05) is 37.7 Å². The van der Waals surface area contributed by atoms with Gasteiger partial charge >= 0.3 is 0 Å². The third kappa shape index (κ3) is 5.11. The van der Waals surface area contributed by atoms with E-state index in [1.54, 1.807) is 0 Å². The summed E-state index contributed by atoms with van der Waals surface area (Å²) < 4.78 is 31.6. The van der Waals surface area contributed by atoms with E-state index in [4.69, 9.17) is 4.74 Å². The Bertz CT molecular complexity index is 958. The average molecular weight is 433 g/mol. The maximum absolute atomic E-state index is 11.8. The second-order valence-corrected chi connectivity index (χ2v) is 10.7. The largest absolute Gasteiger partial charge is 0.374 e. The van der Waals surface area contributed by atoms with Crippen molar-refractivity contribution in [3.05, 3.63) is 52.8 Å². The van der Waals surface area contributed by atoms with Gasteiger partial charge in [-0.1, -0.05) is 30.3 Å². The second kappa shape index (κ2) is 9.18. The van der Waals surface area contributed by atoms with Crippen LogP contribution in [-0.2, 0) is 27.7 Å². The van der Waals surface area contributed by atoms with Crippen molar-refractivity contribution in [3.8, 4) is 0 Å². The molecular weight excluding hydrogens is 400 g/mol. The van der Waals surface area contributed by atoms with Crippen LogP contribution in [0, 0.1) is 13.8 Å². The molecule has 2 aliphatic rings. The fourth-order valence-electron chi connectivity index (χ4n) is 4.52. The zero-order valence-corrected chi connectivity index (χ0v) is 18.7. The molecule has 2 aromatic rings. The van der Waals surface area contributed by atoms with Gasteiger partial charge in [0.25, 0.3) is 0 Å². The highest BCUT2D eigenvalue weighted by atomic mass is 32.2. The standard InChI is InChI=1S/C22H32N4O3S/c1-17-22(18(2)26(24-17)20-8-11-30(27,28)16-20)13-23-12-21-15-25(9-10-29-21)14-19-6-4-3-5-7-19/h3-7,20-21,23H,8-16H2,1-2H3/t20-,21-/m0/s1. The molecule has 0 aliphatic carbocycles. The molecule has 2 saturated heterocycles. The topological polar surface area (TPSA) is 76.5 Å². The number of nitrogens with one attached hydrogen (secondary N) is 1. The van der Waals surface area contributed by atoms with E-state index in [-0.39, 0.29) is 23.7 Å². The van der Waals surface area contributed by atoms with E-state index < -0.39 is 9.84 Å². The molecule has 0 unspecified atom stereocenters. The van der Waals surface area contributed by atoms with E-state index in [1.807, 2.05) is 24.6 Å². The van der Waals surface area contributed by atoms with Crippen LogP contribution in [0.1, 0.15) is 35.0 Å². The second-order valence-electron chi connectivity index (χ2n) is 8.50. The number of aryl methyl sites for hydroxylation is 1. The number of ether oxygens (including phenoxy) is 1. The molecule has 0 bridgehead atoms. The summed E-state index contributed by atoms with van der Waals surface area (Å²) in [6, 6.07) is 10.5. The zero-order valence-electron chi connectivity index (χ0n) is 17.9. The van der Waals surface area contributed by atoms with Crippen LogP contribution in [0.15, 0.2) is 30.3 Å². The molecule has 7 nitrogen and oxygen atoms in total. The fourth-order valence-corrected chi connectivity index (χ4v) is 6.22. The first-order chi connectivity index (χ1) is 14.4. The van der Waals surface area contributed by atoms with Crippen LogP contribution in [0.2, 0.25) is 0 Å². The number of aromatic nitrogens is 2. The Morgan fingerprint density at radius 3 is 2.77 bits per heavy atom. The van der Waals surface area contributed by atoms with Crippen LogP contribution in [0.4, 0.5) is 0 Å². The van der Waals surface area contributed by atoms with Gasteiger partial charge in [-0.05, 0) is 25.8 Å². The highest BCUT2D eigenvalue weighted by Crippen LogP contribution is 2.26. The van der Waals surface area contributed by atoms with E-state index in [0.29, 0.717) is 6.42 Å². The Balaban J connectivity index is 1.30. The van der Waals surface area contributed by atoms with Crippen molar-refractivity contribution in [3.63, 3.8) is 0 Å². The molecule has 2 fully saturated rings. The maximum atomic E-state index is 11.8. The molecule has 164 valence electrons. The van der Waals surface area contributed by atoms with Crippen molar-refractivity contribution >= 4 is 9.84 Å². The molecule has 3 heterocycles. The van der Waals surface area contributed by atoms with Crippen molar-refractivity contribution in [2.45, 2.75) is 45.5 Å². The Kier molecular flexibility index (Phi) is 6.57. The zero-order chi connectivity index (χ0) is 21.1. The Morgan fingerprint density at radius 2 is 2.03 bits per heavy atom. The van der Waals surface area contributed by atoms with Crippen LogP contribution in [-0.4, -0.2) is 66.9 Å². The quantitative estimate of drug-likeness (QED) is 0.720. The van der Waals surface area contributed by atoms with Gasteiger partial charge in [0, 0.05) is 44.0 Å². The number of rotatable bonds is 7. The SMILES string of the molecule is Cc1nn([C@H]2CCS(=O)(=O)C2)c(C)c1CNC[C@H]1CN(Cc2ccccc2)CCO1. The number of nitrogens with zero attached hydrogens (tertiary/aromatic N) is 3. The molecule has 0 radical (unpaired) electrons. The minimum atomic E-state index is -2.92. The molecule has 0 amide bonds. The van der Waals surface area contributed by atoms with Gasteiger partial charge in [0.15, 0.2) is 9.84 Å². The normalized spacial score (nSPS) is 24.3. The van der Waals surface area contributed by atoms with Crippen LogP contribution < -0.4 is 5.32 Å². The molecule has 2 atom stereocenters. The predicted molar refractivity (Wildman–Crippen MR) is 117 cm³/mol. The fraction of sp³-hybridized carbons (Fsp3) is 0.591. The molecule has 0 saturated carbocycles. The van der Waals surface area contributed by atoms with Gasteiger partial charge in [-0.3, -0.25) is 9.58 Å². The highest BCUT2D eigenvalue weighted by molar-refractivity contribution is 7.91. The van der Waals surface area contributed by atoms with Crippen LogP contribution >= 0.6 is 0 Å². The molecule has 2 aliphatic heterocycles. The Hall–Kier alpha value is -1.74. The van der Waals surface area contributed by atoms with E-state index in [9.17, 15) is 8.42 Å². The number of hydrogen-bond acceptors (Lipinski definition) is 6. The molecule has 8 heteroatoms. The van der Waals surface area contributed by atoms with E-state index in [1.165, 1.54) is 5.56 Å². The summed E-state index contributed by atoms with van der Waals surface area (Å²) in [7, 11) is -2.92. The van der Waals surface area contributed by atoms with E-state index >= 15 is 0 Å². The van der Waals surface area contributed by atoms with Gasteiger partial charge in [0.2, 0.25) is 0 Å². The lowest BCUT2D eigenvalue weighted by atomic mass is 10.1. The highest BCUT2D eigenvalue weighted by Gasteiger charge is 2.31. The number of morpholine rings is 1. The molecule has 4 rings (SSSR count). The van der Waals surface area contributed by atoms with Gasteiger partial charge in [-0.15, -0.1) is 0 Å². The summed E-state index contributed by atoms with van der Waals surface area (Å²) in [5.41, 5.74) is 4.53. The van der Waals surface area contributed by atoms with Gasteiger partial charge in [0.05, 0.1) is 36.0 Å². The first-order valence-electron chi connectivity index (χ1n) is 10.7. The summed E-state index contributed by atoms with van der Waals surface area (Å²) in [4.78, 5) is 2.44. The lowest BCUT2D eigenvalue weighted by Gasteiger charge is -2.33. The maximum Gasteiger partial charge on any atom is 0.152 e. The number of hydrogen-bond donors (Lipinski definition) is 1. The Labute approximate surface area is 179 Å². The minimum absolute atomic E-state index is 0.0318. The van der Waals surface area contributed by atoms with Gasteiger partial charge in [-0.2, -0.15) is 5.10 Å². The van der Waals surface area contributed by atoms with Crippen LogP contribution in [0.3, 0.4) is 0 Å². The molecule has 1 aromatic carbocycles. The monoisotopic (exact) mass is 432 g/mol. The van der Waals surface area contributed by atoms with Crippen LogP contribution in [0.5, 0.6) is 0 Å². The summed E-state index contributed by atoms with van der Waals surface area (Å²) in [5, 5.41) is 8.19. The third-order valence-electron chi connectivity index (χ3n) is 6.17. The minimum Gasteiger partial charge on any atom is -0.374 e. The predicted octanol–water partition coefficient (Wildman–Crippen LogP) is 1.85. The lowest BCUT2D eigenvalue weighted by Crippen LogP contribution is -2.46. The summed E-state index contributed by atoms with van der Waals surface area (Å²) in [6.45, 7) is 9.13.